The summed E-state index contributed by atoms with van der Waals surface area (Å²) in [6.45, 7) is 3.50. The minimum Gasteiger partial charge on any atom is -0.493 e. The number of carbonyl (C=O) groups is 1. The molecule has 2 aromatic carbocycles. The molecule has 0 fully saturated rings. The van der Waals surface area contributed by atoms with Crippen LogP contribution in [-0.4, -0.2) is 37.7 Å². The van der Waals surface area contributed by atoms with Gasteiger partial charge in [0.15, 0.2) is 11.5 Å². The Hall–Kier alpha value is -2.53. The van der Waals surface area contributed by atoms with Crippen LogP contribution in [0.15, 0.2) is 42.5 Å². The molecule has 1 aliphatic rings. The first-order valence-corrected chi connectivity index (χ1v) is 8.85. The zero-order valence-electron chi connectivity index (χ0n) is 15.5. The number of nitrogens with zero attached hydrogens (tertiary/aromatic N) is 1. The van der Waals surface area contributed by atoms with Crippen molar-refractivity contribution >= 4 is 5.97 Å². The van der Waals surface area contributed by atoms with Crippen molar-refractivity contribution in [3.63, 3.8) is 0 Å². The molecule has 0 saturated carbocycles. The topological polar surface area (TPSA) is 48.0 Å². The standard InChI is InChI=1S/C21H25NO4/c1-4-26-21(23)18-12-15-8-5-6-9-16(15)13-22(18)14-17-10-7-11-19(24-2)20(17)25-3/h5-11,18H,4,12-14H2,1-3H3. The summed E-state index contributed by atoms with van der Waals surface area (Å²) in [5.41, 5.74) is 3.44. The lowest BCUT2D eigenvalue weighted by Crippen LogP contribution is -2.45. The van der Waals surface area contributed by atoms with Crippen LogP contribution in [-0.2, 0) is 29.0 Å². The lowest BCUT2D eigenvalue weighted by molar-refractivity contribution is -0.150. The lowest BCUT2D eigenvalue weighted by atomic mass is 9.93. The predicted molar refractivity (Wildman–Crippen MR) is 99.4 cm³/mol. The van der Waals surface area contributed by atoms with E-state index in [2.05, 4.69) is 17.0 Å². The van der Waals surface area contributed by atoms with Crippen LogP contribution in [0.5, 0.6) is 11.5 Å². The highest BCUT2D eigenvalue weighted by molar-refractivity contribution is 5.76. The van der Waals surface area contributed by atoms with Crippen molar-refractivity contribution in [3.05, 3.63) is 59.2 Å². The fraction of sp³-hybridized carbons (Fsp3) is 0.381. The number of carbonyl (C=O) groups excluding carboxylic acids is 1. The summed E-state index contributed by atoms with van der Waals surface area (Å²) >= 11 is 0. The highest BCUT2D eigenvalue weighted by Gasteiger charge is 2.33. The molecule has 0 saturated heterocycles. The van der Waals surface area contributed by atoms with Crippen molar-refractivity contribution in [2.24, 2.45) is 0 Å². The first-order chi connectivity index (χ1) is 12.7. The summed E-state index contributed by atoms with van der Waals surface area (Å²) < 4.78 is 16.3. The van der Waals surface area contributed by atoms with Crippen LogP contribution in [0.4, 0.5) is 0 Å². The van der Waals surface area contributed by atoms with E-state index in [0.29, 0.717) is 37.6 Å². The van der Waals surface area contributed by atoms with Gasteiger partial charge in [0.1, 0.15) is 6.04 Å². The predicted octanol–water partition coefficient (Wildman–Crippen LogP) is 3.19. The van der Waals surface area contributed by atoms with E-state index in [4.69, 9.17) is 14.2 Å². The van der Waals surface area contributed by atoms with Gasteiger partial charge >= 0.3 is 5.97 Å². The lowest BCUT2D eigenvalue weighted by Gasteiger charge is -2.35. The highest BCUT2D eigenvalue weighted by Crippen LogP contribution is 2.33. The molecule has 0 radical (unpaired) electrons. The summed E-state index contributed by atoms with van der Waals surface area (Å²) in [5.74, 6) is 1.22. The normalized spacial score (nSPS) is 16.7. The number of para-hydroxylation sites is 1. The van der Waals surface area contributed by atoms with Crippen LogP contribution in [0, 0.1) is 0 Å². The Kier molecular flexibility index (Phi) is 5.78. The molecule has 3 rings (SSSR count). The average molecular weight is 355 g/mol. The second-order valence-electron chi connectivity index (χ2n) is 6.30. The van der Waals surface area contributed by atoms with E-state index in [0.717, 1.165) is 5.56 Å². The molecule has 0 N–H and O–H groups in total. The zero-order valence-corrected chi connectivity index (χ0v) is 15.5. The number of hydrogen-bond acceptors (Lipinski definition) is 5. The summed E-state index contributed by atoms with van der Waals surface area (Å²) in [7, 11) is 3.26. The first-order valence-electron chi connectivity index (χ1n) is 8.85. The van der Waals surface area contributed by atoms with Crippen molar-refractivity contribution in [1.82, 2.24) is 4.90 Å². The minimum atomic E-state index is -0.305. The van der Waals surface area contributed by atoms with Gasteiger partial charge in [0.05, 0.1) is 20.8 Å². The Morgan fingerprint density at radius 2 is 1.85 bits per heavy atom. The molecular weight excluding hydrogens is 330 g/mol. The van der Waals surface area contributed by atoms with E-state index < -0.39 is 0 Å². The van der Waals surface area contributed by atoms with E-state index in [1.807, 2.05) is 37.3 Å². The number of methoxy groups -OCH3 is 2. The maximum atomic E-state index is 12.6. The number of ether oxygens (including phenoxy) is 3. The van der Waals surface area contributed by atoms with Gasteiger partial charge in [-0.2, -0.15) is 0 Å². The smallest absolute Gasteiger partial charge is 0.323 e. The summed E-state index contributed by atoms with van der Waals surface area (Å²) in [6, 6.07) is 13.8. The Morgan fingerprint density at radius 1 is 1.08 bits per heavy atom. The number of rotatable bonds is 6. The Morgan fingerprint density at radius 3 is 2.54 bits per heavy atom. The zero-order chi connectivity index (χ0) is 18.5. The van der Waals surface area contributed by atoms with Gasteiger partial charge in [-0.3, -0.25) is 9.69 Å². The van der Waals surface area contributed by atoms with E-state index >= 15 is 0 Å². The third-order valence-electron chi connectivity index (χ3n) is 4.76. The molecule has 0 aromatic heterocycles. The summed E-state index contributed by atoms with van der Waals surface area (Å²) in [4.78, 5) is 14.7. The number of fused-ring (bicyclic) bond motifs is 1. The summed E-state index contributed by atoms with van der Waals surface area (Å²) in [5, 5.41) is 0. The van der Waals surface area contributed by atoms with Crippen molar-refractivity contribution in [3.8, 4) is 11.5 Å². The largest absolute Gasteiger partial charge is 0.493 e. The Bertz CT molecular complexity index is 774. The van der Waals surface area contributed by atoms with Crippen molar-refractivity contribution < 1.29 is 19.0 Å². The van der Waals surface area contributed by atoms with Gasteiger partial charge in [0, 0.05) is 18.7 Å². The molecule has 138 valence electrons. The molecule has 1 atom stereocenters. The Labute approximate surface area is 154 Å². The maximum absolute atomic E-state index is 12.6. The average Bonchev–Trinajstić information content (AvgIpc) is 2.67. The molecule has 5 heteroatoms. The number of benzene rings is 2. The molecule has 0 amide bonds. The second-order valence-corrected chi connectivity index (χ2v) is 6.30. The summed E-state index contributed by atoms with van der Waals surface area (Å²) in [6.07, 6.45) is 0.654. The molecule has 2 aromatic rings. The van der Waals surface area contributed by atoms with Gasteiger partial charge in [0.25, 0.3) is 0 Å². The van der Waals surface area contributed by atoms with Crippen LogP contribution >= 0.6 is 0 Å². The SMILES string of the molecule is CCOC(=O)C1Cc2ccccc2CN1Cc1cccc(OC)c1OC. The van der Waals surface area contributed by atoms with Crippen molar-refractivity contribution in [1.29, 1.82) is 0 Å². The van der Waals surface area contributed by atoms with Crippen molar-refractivity contribution in [2.75, 3.05) is 20.8 Å². The van der Waals surface area contributed by atoms with Crippen LogP contribution in [0.25, 0.3) is 0 Å². The molecule has 1 unspecified atom stereocenters. The van der Waals surface area contributed by atoms with Crippen LogP contribution < -0.4 is 9.47 Å². The molecule has 26 heavy (non-hydrogen) atoms. The van der Waals surface area contributed by atoms with E-state index in [1.54, 1.807) is 14.2 Å². The third kappa shape index (κ3) is 3.68. The van der Waals surface area contributed by atoms with Crippen molar-refractivity contribution in [2.45, 2.75) is 32.5 Å². The molecule has 0 bridgehead atoms. The van der Waals surface area contributed by atoms with Gasteiger partial charge in [-0.05, 0) is 30.5 Å². The van der Waals surface area contributed by atoms with E-state index in [1.165, 1.54) is 11.1 Å². The van der Waals surface area contributed by atoms with Gasteiger partial charge < -0.3 is 14.2 Å². The molecule has 5 nitrogen and oxygen atoms in total. The minimum absolute atomic E-state index is 0.177. The van der Waals surface area contributed by atoms with E-state index in [-0.39, 0.29) is 12.0 Å². The third-order valence-corrected chi connectivity index (χ3v) is 4.76. The van der Waals surface area contributed by atoms with Gasteiger partial charge in [0.2, 0.25) is 0 Å². The molecular formula is C21H25NO4. The fourth-order valence-electron chi connectivity index (χ4n) is 3.51. The fourth-order valence-corrected chi connectivity index (χ4v) is 3.51. The first kappa shape index (κ1) is 18.3. The van der Waals surface area contributed by atoms with Gasteiger partial charge in [-0.15, -0.1) is 0 Å². The maximum Gasteiger partial charge on any atom is 0.323 e. The Balaban J connectivity index is 1.92. The van der Waals surface area contributed by atoms with Crippen LogP contribution in [0.1, 0.15) is 23.6 Å². The number of hydrogen-bond donors (Lipinski definition) is 0. The molecule has 1 aliphatic heterocycles. The highest BCUT2D eigenvalue weighted by atomic mass is 16.5. The van der Waals surface area contributed by atoms with Gasteiger partial charge in [-0.1, -0.05) is 36.4 Å². The molecule has 0 aliphatic carbocycles. The second kappa shape index (κ2) is 8.23. The van der Waals surface area contributed by atoms with E-state index in [9.17, 15) is 4.79 Å². The molecule has 1 heterocycles. The monoisotopic (exact) mass is 355 g/mol. The van der Waals surface area contributed by atoms with Crippen LogP contribution in [0.2, 0.25) is 0 Å². The quantitative estimate of drug-likeness (QED) is 0.745. The van der Waals surface area contributed by atoms with Gasteiger partial charge in [-0.25, -0.2) is 0 Å². The van der Waals surface area contributed by atoms with Crippen LogP contribution in [0.3, 0.4) is 0 Å². The molecule has 0 spiro atoms. The number of esters is 1.